The Morgan fingerprint density at radius 2 is 2.14 bits per heavy atom. The van der Waals surface area contributed by atoms with Gasteiger partial charge in [0.25, 0.3) is 5.91 Å². The zero-order valence-corrected chi connectivity index (χ0v) is 12.8. The van der Waals surface area contributed by atoms with Crippen molar-refractivity contribution < 1.29 is 9.90 Å². The molecule has 0 aliphatic rings. The molecule has 0 aliphatic carbocycles. The summed E-state index contributed by atoms with van der Waals surface area (Å²) < 4.78 is 0. The van der Waals surface area contributed by atoms with Gasteiger partial charge in [0, 0.05) is 37.2 Å². The number of pyridine rings is 1. The number of aliphatic hydroxyl groups excluding tert-OH is 1. The smallest absolute Gasteiger partial charge is 0.254 e. The Kier molecular flexibility index (Phi) is 5.55. The average Bonchev–Trinajstić information content (AvgIpc) is 2.52. The number of aryl methyl sites for hydroxylation is 2. The number of hydrogen-bond acceptors (Lipinski definition) is 5. The van der Waals surface area contributed by atoms with Gasteiger partial charge in [-0.3, -0.25) is 9.78 Å². The van der Waals surface area contributed by atoms with Crippen LogP contribution in [-0.2, 0) is 6.42 Å². The first-order valence-electron chi connectivity index (χ1n) is 7.19. The van der Waals surface area contributed by atoms with Crippen molar-refractivity contribution in [1.29, 1.82) is 0 Å². The number of carbonyl (C=O) groups is 1. The quantitative estimate of drug-likeness (QED) is 0.833. The Balaban J connectivity index is 1.94. The number of nitrogens with zero attached hydrogens (tertiary/aromatic N) is 3. The molecule has 0 bridgehead atoms. The van der Waals surface area contributed by atoms with Crippen molar-refractivity contribution in [2.75, 3.05) is 13.2 Å². The molecule has 6 heteroatoms. The van der Waals surface area contributed by atoms with Crippen LogP contribution in [-0.4, -0.2) is 39.1 Å². The van der Waals surface area contributed by atoms with Crippen LogP contribution >= 0.6 is 0 Å². The molecule has 0 spiro atoms. The molecular weight excluding hydrogens is 280 g/mol. The van der Waals surface area contributed by atoms with Crippen LogP contribution < -0.4 is 5.32 Å². The first kappa shape index (κ1) is 16.0. The van der Waals surface area contributed by atoms with E-state index in [1.54, 1.807) is 20.0 Å². The van der Waals surface area contributed by atoms with Crippen LogP contribution in [0.3, 0.4) is 0 Å². The fraction of sp³-hybridized carbons (Fsp3) is 0.375. The Morgan fingerprint density at radius 1 is 1.32 bits per heavy atom. The maximum atomic E-state index is 12.2. The largest absolute Gasteiger partial charge is 0.396 e. The van der Waals surface area contributed by atoms with Crippen molar-refractivity contribution >= 4 is 5.91 Å². The van der Waals surface area contributed by atoms with Gasteiger partial charge in [-0.1, -0.05) is 6.07 Å². The molecule has 0 radical (unpaired) electrons. The molecule has 2 aromatic rings. The van der Waals surface area contributed by atoms with Gasteiger partial charge in [-0.15, -0.1) is 0 Å². The van der Waals surface area contributed by atoms with Gasteiger partial charge in [0.2, 0.25) is 0 Å². The number of nitrogens with one attached hydrogen (secondary N) is 1. The molecule has 0 saturated heterocycles. The number of aromatic nitrogens is 3. The summed E-state index contributed by atoms with van der Waals surface area (Å²) >= 11 is 0. The summed E-state index contributed by atoms with van der Waals surface area (Å²) in [7, 11) is 0. The first-order chi connectivity index (χ1) is 10.6. The lowest BCUT2D eigenvalue weighted by Crippen LogP contribution is -2.32. The van der Waals surface area contributed by atoms with Crippen molar-refractivity contribution in [2.24, 2.45) is 5.92 Å². The van der Waals surface area contributed by atoms with Gasteiger partial charge in [0.15, 0.2) is 0 Å². The SMILES string of the molecule is Cc1ncc(C(=O)NCC(CO)Cc2ccccn2)c(C)n1. The fourth-order valence-electron chi connectivity index (χ4n) is 2.15. The Morgan fingerprint density at radius 3 is 2.77 bits per heavy atom. The van der Waals surface area contributed by atoms with E-state index in [2.05, 4.69) is 20.3 Å². The number of rotatable bonds is 6. The van der Waals surface area contributed by atoms with Crippen LogP contribution in [0.5, 0.6) is 0 Å². The third-order valence-corrected chi connectivity index (χ3v) is 3.38. The van der Waals surface area contributed by atoms with E-state index in [-0.39, 0.29) is 18.4 Å². The molecular formula is C16H20N4O2. The van der Waals surface area contributed by atoms with Gasteiger partial charge in [0.1, 0.15) is 5.82 Å². The minimum atomic E-state index is -0.225. The number of amides is 1. The van der Waals surface area contributed by atoms with Gasteiger partial charge < -0.3 is 10.4 Å². The molecule has 1 unspecified atom stereocenters. The Bertz CT molecular complexity index is 631. The van der Waals surface area contributed by atoms with E-state index >= 15 is 0 Å². The van der Waals surface area contributed by atoms with E-state index in [0.29, 0.717) is 30.0 Å². The number of hydrogen-bond donors (Lipinski definition) is 2. The number of aliphatic hydroxyl groups is 1. The van der Waals surface area contributed by atoms with E-state index in [1.807, 2.05) is 18.2 Å². The lowest BCUT2D eigenvalue weighted by atomic mass is 10.0. The molecule has 0 saturated carbocycles. The molecule has 0 aromatic carbocycles. The maximum Gasteiger partial charge on any atom is 0.254 e. The zero-order chi connectivity index (χ0) is 15.9. The van der Waals surface area contributed by atoms with Crippen LogP contribution in [0.15, 0.2) is 30.6 Å². The minimum Gasteiger partial charge on any atom is -0.396 e. The molecule has 22 heavy (non-hydrogen) atoms. The topological polar surface area (TPSA) is 88.0 Å². The Hall–Kier alpha value is -2.34. The van der Waals surface area contributed by atoms with Gasteiger partial charge in [-0.05, 0) is 32.4 Å². The van der Waals surface area contributed by atoms with E-state index in [0.717, 1.165) is 5.69 Å². The summed E-state index contributed by atoms with van der Waals surface area (Å²) in [5, 5.41) is 12.3. The molecule has 1 amide bonds. The second-order valence-corrected chi connectivity index (χ2v) is 5.20. The van der Waals surface area contributed by atoms with Crippen LogP contribution in [0.25, 0.3) is 0 Å². The molecule has 0 fully saturated rings. The van der Waals surface area contributed by atoms with Gasteiger partial charge >= 0.3 is 0 Å². The summed E-state index contributed by atoms with van der Waals surface area (Å²) in [6, 6.07) is 5.66. The minimum absolute atomic E-state index is 0.0137. The molecule has 0 aliphatic heterocycles. The fourth-order valence-corrected chi connectivity index (χ4v) is 2.15. The standard InChI is InChI=1S/C16H20N4O2/c1-11-15(9-18-12(2)20-11)16(22)19-8-13(10-21)7-14-5-3-4-6-17-14/h3-6,9,13,21H,7-8,10H2,1-2H3,(H,19,22). The summed E-state index contributed by atoms with van der Waals surface area (Å²) in [4.78, 5) is 24.6. The lowest BCUT2D eigenvalue weighted by Gasteiger charge is -2.15. The van der Waals surface area contributed by atoms with Crippen LogP contribution in [0.1, 0.15) is 27.6 Å². The molecule has 1 atom stereocenters. The first-order valence-corrected chi connectivity index (χ1v) is 7.19. The molecule has 116 valence electrons. The molecule has 2 N–H and O–H groups in total. The highest BCUT2D eigenvalue weighted by Gasteiger charge is 2.14. The monoisotopic (exact) mass is 300 g/mol. The highest BCUT2D eigenvalue weighted by atomic mass is 16.3. The van der Waals surface area contributed by atoms with E-state index in [9.17, 15) is 9.90 Å². The second kappa shape index (κ2) is 7.61. The molecule has 2 heterocycles. The third kappa shape index (κ3) is 4.33. The Labute approximate surface area is 129 Å². The molecule has 2 aromatic heterocycles. The zero-order valence-electron chi connectivity index (χ0n) is 12.8. The van der Waals surface area contributed by atoms with Crippen molar-refractivity contribution in [3.8, 4) is 0 Å². The van der Waals surface area contributed by atoms with Crippen molar-refractivity contribution in [3.05, 3.63) is 53.4 Å². The van der Waals surface area contributed by atoms with Gasteiger partial charge in [-0.2, -0.15) is 0 Å². The maximum absolute atomic E-state index is 12.2. The summed E-state index contributed by atoms with van der Waals surface area (Å²) in [6.07, 6.45) is 3.86. The number of carbonyl (C=O) groups excluding carboxylic acids is 1. The van der Waals surface area contributed by atoms with Gasteiger partial charge in [0.05, 0.1) is 11.3 Å². The third-order valence-electron chi connectivity index (χ3n) is 3.38. The molecule has 6 nitrogen and oxygen atoms in total. The molecule has 2 rings (SSSR count). The van der Waals surface area contributed by atoms with Crippen LogP contribution in [0.4, 0.5) is 0 Å². The summed E-state index contributed by atoms with van der Waals surface area (Å²) in [5.41, 5.74) is 2.00. The lowest BCUT2D eigenvalue weighted by molar-refractivity contribution is 0.0938. The van der Waals surface area contributed by atoms with Crippen LogP contribution in [0.2, 0.25) is 0 Å². The van der Waals surface area contributed by atoms with Crippen molar-refractivity contribution in [3.63, 3.8) is 0 Å². The van der Waals surface area contributed by atoms with Crippen LogP contribution in [0, 0.1) is 19.8 Å². The average molecular weight is 300 g/mol. The highest BCUT2D eigenvalue weighted by molar-refractivity contribution is 5.94. The van der Waals surface area contributed by atoms with E-state index < -0.39 is 0 Å². The van der Waals surface area contributed by atoms with Crippen molar-refractivity contribution in [1.82, 2.24) is 20.3 Å². The van der Waals surface area contributed by atoms with Gasteiger partial charge in [-0.25, -0.2) is 9.97 Å². The predicted molar refractivity (Wildman–Crippen MR) is 82.4 cm³/mol. The normalized spacial score (nSPS) is 12.0. The highest BCUT2D eigenvalue weighted by Crippen LogP contribution is 2.07. The van der Waals surface area contributed by atoms with E-state index in [4.69, 9.17) is 0 Å². The summed E-state index contributed by atoms with van der Waals surface area (Å²) in [5.74, 6) is 0.333. The van der Waals surface area contributed by atoms with E-state index in [1.165, 1.54) is 6.20 Å². The second-order valence-electron chi connectivity index (χ2n) is 5.20. The van der Waals surface area contributed by atoms with Crippen molar-refractivity contribution in [2.45, 2.75) is 20.3 Å². The predicted octanol–water partition coefficient (Wildman–Crippen LogP) is 1.07. The summed E-state index contributed by atoms with van der Waals surface area (Å²) in [6.45, 7) is 3.92.